The number of rotatable bonds is 1. The first-order chi connectivity index (χ1) is 9.18. The van der Waals surface area contributed by atoms with Crippen LogP contribution in [0.2, 0.25) is 0 Å². The molecule has 0 spiro atoms. The summed E-state index contributed by atoms with van der Waals surface area (Å²) in [4.78, 5) is 14.6. The number of ketones is 1. The van der Waals surface area contributed by atoms with E-state index < -0.39 is 0 Å². The number of nitrogens with zero attached hydrogens (tertiary/aromatic N) is 1. The van der Waals surface area contributed by atoms with Crippen LogP contribution >= 0.6 is 0 Å². The average Bonchev–Trinajstić information content (AvgIpc) is 2.57. The van der Waals surface area contributed by atoms with Gasteiger partial charge in [0.1, 0.15) is 6.61 Å². The Balaban J connectivity index is 2.20. The third-order valence-electron chi connectivity index (χ3n) is 3.35. The van der Waals surface area contributed by atoms with E-state index in [1.165, 1.54) is 0 Å². The molecule has 1 heterocycles. The highest BCUT2D eigenvalue weighted by Gasteiger charge is 2.24. The quantitative estimate of drug-likeness (QED) is 0.782. The van der Waals surface area contributed by atoms with Gasteiger partial charge < -0.3 is 9.64 Å². The molecule has 0 radical (unpaired) electrons. The number of anilines is 1. The molecule has 0 unspecified atom stereocenters. The van der Waals surface area contributed by atoms with Gasteiger partial charge in [0.05, 0.1) is 11.3 Å². The molecule has 0 N–H and O–H groups in total. The van der Waals surface area contributed by atoms with Gasteiger partial charge in [0.25, 0.3) is 0 Å². The van der Waals surface area contributed by atoms with Crippen LogP contribution < -0.4 is 9.64 Å². The van der Waals surface area contributed by atoms with Gasteiger partial charge in [-0.05, 0) is 12.1 Å². The van der Waals surface area contributed by atoms with Gasteiger partial charge in [0.15, 0.2) is 11.5 Å². The van der Waals surface area contributed by atoms with Crippen LogP contribution in [0.25, 0.3) is 0 Å². The predicted molar refractivity (Wildman–Crippen MR) is 75.0 cm³/mol. The van der Waals surface area contributed by atoms with Crippen LogP contribution in [-0.4, -0.2) is 19.9 Å². The average molecular weight is 253 g/mol. The maximum Gasteiger partial charge on any atom is 0.197 e. The van der Waals surface area contributed by atoms with Crippen LogP contribution in [0.15, 0.2) is 42.5 Å². The molecule has 2 aromatic rings. The van der Waals surface area contributed by atoms with Crippen LogP contribution in [0, 0.1) is 0 Å². The summed E-state index contributed by atoms with van der Waals surface area (Å²) in [6, 6.07) is 13.3. The number of fused-ring (bicyclic) bond motifs is 2. The molecule has 96 valence electrons. The van der Waals surface area contributed by atoms with Crippen molar-refractivity contribution in [1.82, 2.24) is 0 Å². The zero-order valence-corrected chi connectivity index (χ0v) is 11.0. The zero-order valence-electron chi connectivity index (χ0n) is 11.0. The van der Waals surface area contributed by atoms with Gasteiger partial charge in [-0.2, -0.15) is 0 Å². The Kier molecular flexibility index (Phi) is 2.75. The molecule has 1 aliphatic rings. The lowest BCUT2D eigenvalue weighted by Gasteiger charge is -2.18. The molecule has 19 heavy (non-hydrogen) atoms. The molecule has 3 rings (SSSR count). The number of benzene rings is 2. The van der Waals surface area contributed by atoms with Crippen LogP contribution in [-0.2, 0) is 6.61 Å². The largest absolute Gasteiger partial charge is 0.486 e. The van der Waals surface area contributed by atoms with Crippen molar-refractivity contribution < 1.29 is 9.53 Å². The van der Waals surface area contributed by atoms with Crippen molar-refractivity contribution in [3.05, 3.63) is 59.2 Å². The Morgan fingerprint density at radius 2 is 1.74 bits per heavy atom. The molecule has 0 aliphatic carbocycles. The van der Waals surface area contributed by atoms with Crippen molar-refractivity contribution >= 4 is 11.5 Å². The molecule has 3 nitrogen and oxygen atoms in total. The van der Waals surface area contributed by atoms with E-state index in [4.69, 9.17) is 4.74 Å². The number of hydrogen-bond acceptors (Lipinski definition) is 3. The standard InChI is InChI=1S/C16H15NO2/c1-17(2)14-9-5-8-13-15(18)12-7-4-3-6-11(12)10-19-16(13)14/h3-9H,10H2,1-2H3. The Labute approximate surface area is 112 Å². The smallest absolute Gasteiger partial charge is 0.197 e. The van der Waals surface area contributed by atoms with E-state index >= 15 is 0 Å². The number of hydrogen-bond donors (Lipinski definition) is 0. The minimum atomic E-state index is 0.0341. The number of carbonyl (C=O) groups is 1. The summed E-state index contributed by atoms with van der Waals surface area (Å²) in [6.45, 7) is 0.430. The second-order valence-corrected chi connectivity index (χ2v) is 4.82. The third kappa shape index (κ3) is 1.87. The molecule has 0 atom stereocenters. The summed E-state index contributed by atoms with van der Waals surface area (Å²) in [7, 11) is 3.89. The van der Waals surface area contributed by atoms with E-state index in [-0.39, 0.29) is 5.78 Å². The summed E-state index contributed by atoms with van der Waals surface area (Å²) in [6.07, 6.45) is 0. The number of para-hydroxylation sites is 1. The van der Waals surface area contributed by atoms with Gasteiger partial charge >= 0.3 is 0 Å². The number of carbonyl (C=O) groups excluding carboxylic acids is 1. The van der Waals surface area contributed by atoms with Crippen molar-refractivity contribution in [2.45, 2.75) is 6.61 Å². The van der Waals surface area contributed by atoms with Crippen molar-refractivity contribution in [3.8, 4) is 5.75 Å². The van der Waals surface area contributed by atoms with E-state index in [9.17, 15) is 4.79 Å². The van der Waals surface area contributed by atoms with Gasteiger partial charge in [0.2, 0.25) is 0 Å². The van der Waals surface area contributed by atoms with Gasteiger partial charge in [-0.3, -0.25) is 4.79 Å². The fourth-order valence-electron chi connectivity index (χ4n) is 2.37. The molecule has 3 heteroatoms. The van der Waals surface area contributed by atoms with E-state index in [0.717, 1.165) is 16.8 Å². The third-order valence-corrected chi connectivity index (χ3v) is 3.35. The molecule has 0 amide bonds. The highest BCUT2D eigenvalue weighted by atomic mass is 16.5. The summed E-state index contributed by atoms with van der Waals surface area (Å²) >= 11 is 0. The zero-order chi connectivity index (χ0) is 13.4. The molecule has 1 aliphatic heterocycles. The molecule has 2 aromatic carbocycles. The van der Waals surface area contributed by atoms with E-state index in [2.05, 4.69) is 0 Å². The van der Waals surface area contributed by atoms with Gasteiger partial charge in [-0.1, -0.05) is 30.3 Å². The van der Waals surface area contributed by atoms with Crippen LogP contribution in [0.1, 0.15) is 21.5 Å². The Hall–Kier alpha value is -2.29. The highest BCUT2D eigenvalue weighted by molar-refractivity contribution is 6.12. The lowest BCUT2D eigenvalue weighted by molar-refractivity contribution is 0.103. The second-order valence-electron chi connectivity index (χ2n) is 4.82. The van der Waals surface area contributed by atoms with E-state index in [1.807, 2.05) is 61.5 Å². The first-order valence-electron chi connectivity index (χ1n) is 6.24. The Bertz CT molecular complexity index is 647. The van der Waals surface area contributed by atoms with Crippen LogP contribution in [0.5, 0.6) is 5.75 Å². The van der Waals surface area contributed by atoms with E-state index in [1.54, 1.807) is 0 Å². The SMILES string of the molecule is CN(C)c1cccc2c1OCc1ccccc1C2=O. The van der Waals surface area contributed by atoms with Crippen molar-refractivity contribution in [2.24, 2.45) is 0 Å². The molecule has 0 saturated heterocycles. The summed E-state index contributed by atoms with van der Waals surface area (Å²) in [5.41, 5.74) is 3.24. The predicted octanol–water partition coefficient (Wildman–Crippen LogP) is 2.88. The van der Waals surface area contributed by atoms with Gasteiger partial charge in [0, 0.05) is 25.2 Å². The first-order valence-corrected chi connectivity index (χ1v) is 6.24. The minimum Gasteiger partial charge on any atom is -0.486 e. The summed E-state index contributed by atoms with van der Waals surface area (Å²) in [5, 5.41) is 0. The fraction of sp³-hybridized carbons (Fsp3) is 0.188. The van der Waals surface area contributed by atoms with E-state index in [0.29, 0.717) is 17.9 Å². The Morgan fingerprint density at radius 1 is 1.00 bits per heavy atom. The monoisotopic (exact) mass is 253 g/mol. The summed E-state index contributed by atoms with van der Waals surface area (Å²) < 4.78 is 5.88. The molecule has 0 aromatic heterocycles. The summed E-state index contributed by atoms with van der Waals surface area (Å²) in [5.74, 6) is 0.709. The van der Waals surface area contributed by atoms with Crippen molar-refractivity contribution in [2.75, 3.05) is 19.0 Å². The lowest BCUT2D eigenvalue weighted by Crippen LogP contribution is -2.12. The fourth-order valence-corrected chi connectivity index (χ4v) is 2.37. The lowest BCUT2D eigenvalue weighted by atomic mass is 9.99. The van der Waals surface area contributed by atoms with Gasteiger partial charge in [-0.25, -0.2) is 0 Å². The molecule has 0 fully saturated rings. The molecule has 0 bridgehead atoms. The normalized spacial score (nSPS) is 13.1. The van der Waals surface area contributed by atoms with Crippen molar-refractivity contribution in [3.63, 3.8) is 0 Å². The first kappa shape index (κ1) is 11.8. The second kappa shape index (κ2) is 4.43. The minimum absolute atomic E-state index is 0.0341. The van der Waals surface area contributed by atoms with Crippen LogP contribution in [0.3, 0.4) is 0 Å². The molecule has 0 saturated carbocycles. The molecular formula is C16H15NO2. The maximum absolute atomic E-state index is 12.6. The number of ether oxygens (including phenoxy) is 1. The van der Waals surface area contributed by atoms with Crippen LogP contribution in [0.4, 0.5) is 5.69 Å². The maximum atomic E-state index is 12.6. The topological polar surface area (TPSA) is 29.5 Å². The van der Waals surface area contributed by atoms with Crippen molar-refractivity contribution in [1.29, 1.82) is 0 Å². The van der Waals surface area contributed by atoms with Gasteiger partial charge in [-0.15, -0.1) is 0 Å². The Morgan fingerprint density at radius 3 is 2.53 bits per heavy atom. The highest BCUT2D eigenvalue weighted by Crippen LogP contribution is 2.35. The molecular weight excluding hydrogens is 238 g/mol.